The maximum absolute atomic E-state index is 5.44. The minimum atomic E-state index is -0.552. The van der Waals surface area contributed by atoms with Gasteiger partial charge in [-0.25, -0.2) is 15.0 Å². The van der Waals surface area contributed by atoms with Crippen molar-refractivity contribution in [1.29, 1.82) is 0 Å². The van der Waals surface area contributed by atoms with Gasteiger partial charge in [-0.05, 0) is 63.7 Å². The largest absolute Gasteiger partial charge is 0.254 e. The zero-order valence-corrected chi connectivity index (χ0v) is 36.4. The van der Waals surface area contributed by atoms with Crippen molar-refractivity contribution in [2.75, 3.05) is 0 Å². The number of aromatic nitrogens is 2. The predicted molar refractivity (Wildman–Crippen MR) is 270 cm³/mol. The standard InChI is InChI=1S/C61H46N4/c1-60(41-57(64-59(65-60)46-22-8-4-9-23-46)54-31-17-25-43-19-13-15-29-52(43)54)47-36-38-50(39-37-47)61(2,48-26-10-5-11-27-48)49-34-32-44(33-35-49)55-40-56(63-58(62-55)45-20-6-3-7-21-45)53-30-16-24-42-18-12-14-28-51(42)53/h3-40H,41H2,1-2H3. The first-order valence-electron chi connectivity index (χ1n) is 22.3. The third-order valence-corrected chi connectivity index (χ3v) is 13.3. The summed E-state index contributed by atoms with van der Waals surface area (Å²) < 4.78 is 0. The molecule has 0 fully saturated rings. The van der Waals surface area contributed by atoms with Crippen LogP contribution in [0.25, 0.3) is 55.4 Å². The molecule has 2 atom stereocenters. The molecule has 65 heavy (non-hydrogen) atoms. The number of nitrogens with zero attached hydrogens (tertiary/aromatic N) is 4. The Balaban J connectivity index is 0.979. The maximum atomic E-state index is 5.44. The van der Waals surface area contributed by atoms with E-state index in [0.717, 1.165) is 61.7 Å². The van der Waals surface area contributed by atoms with Gasteiger partial charge in [0.05, 0.1) is 22.6 Å². The van der Waals surface area contributed by atoms with E-state index in [1.165, 1.54) is 32.8 Å². The summed E-state index contributed by atoms with van der Waals surface area (Å²) in [4.78, 5) is 21.0. The van der Waals surface area contributed by atoms with E-state index in [1.54, 1.807) is 0 Å². The second kappa shape index (κ2) is 16.6. The van der Waals surface area contributed by atoms with Crippen LogP contribution < -0.4 is 0 Å². The number of fused-ring (bicyclic) bond motifs is 2. The van der Waals surface area contributed by atoms with E-state index in [1.807, 2.05) is 24.3 Å². The van der Waals surface area contributed by atoms with Crippen LogP contribution in [0.5, 0.6) is 0 Å². The van der Waals surface area contributed by atoms with Crippen LogP contribution in [0.3, 0.4) is 0 Å². The molecule has 4 nitrogen and oxygen atoms in total. The molecule has 0 saturated carbocycles. The van der Waals surface area contributed by atoms with Gasteiger partial charge in [-0.1, -0.05) is 224 Å². The van der Waals surface area contributed by atoms with Crippen LogP contribution in [0, 0.1) is 0 Å². The fourth-order valence-electron chi connectivity index (χ4n) is 9.61. The Labute approximate surface area is 380 Å². The highest BCUT2D eigenvalue weighted by Crippen LogP contribution is 2.42. The lowest BCUT2D eigenvalue weighted by Gasteiger charge is -2.34. The van der Waals surface area contributed by atoms with Gasteiger partial charge >= 0.3 is 0 Å². The number of hydrogen-bond donors (Lipinski definition) is 0. The molecule has 0 amide bonds. The minimum Gasteiger partial charge on any atom is -0.254 e. The lowest BCUT2D eigenvalue weighted by Crippen LogP contribution is -2.31. The Bertz CT molecular complexity index is 3390. The van der Waals surface area contributed by atoms with E-state index in [9.17, 15) is 0 Å². The van der Waals surface area contributed by atoms with Crippen LogP contribution in [0.15, 0.2) is 241 Å². The van der Waals surface area contributed by atoms with E-state index in [4.69, 9.17) is 20.0 Å². The van der Waals surface area contributed by atoms with E-state index < -0.39 is 11.0 Å². The molecule has 10 aromatic rings. The van der Waals surface area contributed by atoms with Crippen LogP contribution in [0.2, 0.25) is 0 Å². The normalized spacial score (nSPS) is 15.8. The van der Waals surface area contributed by atoms with Gasteiger partial charge in [-0.15, -0.1) is 0 Å². The summed E-state index contributed by atoms with van der Waals surface area (Å²) in [7, 11) is 0. The SMILES string of the molecule is CC1(c2ccc(C(C)(c3ccccc3)c3ccc(-c4cc(-c5cccc6ccccc56)nc(-c5ccccc5)n4)cc3)cc2)CC(c2cccc3ccccc23)=NC(c2ccccc2)=N1. The van der Waals surface area contributed by atoms with Crippen molar-refractivity contribution in [3.63, 3.8) is 0 Å². The van der Waals surface area contributed by atoms with E-state index >= 15 is 0 Å². The second-order valence-corrected chi connectivity index (χ2v) is 17.3. The zero-order chi connectivity index (χ0) is 43.8. The molecular formula is C61H46N4. The molecule has 0 N–H and O–H groups in total. The molecule has 0 spiro atoms. The predicted octanol–water partition coefficient (Wildman–Crippen LogP) is 14.7. The van der Waals surface area contributed by atoms with E-state index in [0.29, 0.717) is 12.2 Å². The minimum absolute atomic E-state index is 0.463. The van der Waals surface area contributed by atoms with Crippen molar-refractivity contribution in [3.05, 3.63) is 264 Å². The Morgan fingerprint density at radius 1 is 0.431 bits per heavy atom. The van der Waals surface area contributed by atoms with Crippen LogP contribution in [0.1, 0.15) is 53.6 Å². The highest BCUT2D eigenvalue weighted by molar-refractivity contribution is 6.18. The number of rotatable bonds is 9. The summed E-state index contributed by atoms with van der Waals surface area (Å²) in [5.74, 6) is 1.45. The lowest BCUT2D eigenvalue weighted by molar-refractivity contribution is 0.514. The molecule has 310 valence electrons. The van der Waals surface area contributed by atoms with Crippen molar-refractivity contribution in [3.8, 4) is 33.9 Å². The summed E-state index contributed by atoms with van der Waals surface area (Å²) in [5, 5.41) is 4.75. The van der Waals surface area contributed by atoms with Gasteiger partial charge in [0.25, 0.3) is 0 Å². The first-order chi connectivity index (χ1) is 31.9. The molecule has 1 aliphatic heterocycles. The van der Waals surface area contributed by atoms with Gasteiger partial charge in [-0.2, -0.15) is 0 Å². The molecule has 2 unspecified atom stereocenters. The summed E-state index contributed by atoms with van der Waals surface area (Å²) >= 11 is 0. The van der Waals surface area contributed by atoms with Gasteiger partial charge in [0.2, 0.25) is 0 Å². The Kier molecular flexibility index (Phi) is 10.1. The molecule has 0 radical (unpaired) electrons. The van der Waals surface area contributed by atoms with Crippen molar-refractivity contribution in [2.45, 2.75) is 31.2 Å². The van der Waals surface area contributed by atoms with Gasteiger partial charge < -0.3 is 0 Å². The monoisotopic (exact) mass is 834 g/mol. The lowest BCUT2D eigenvalue weighted by atomic mass is 9.70. The molecule has 2 heterocycles. The van der Waals surface area contributed by atoms with Crippen LogP contribution in [0.4, 0.5) is 0 Å². The summed E-state index contributed by atoms with van der Waals surface area (Å²) in [6.07, 6.45) is 0.672. The van der Waals surface area contributed by atoms with Gasteiger partial charge in [-0.3, -0.25) is 4.99 Å². The average molecular weight is 835 g/mol. The fourth-order valence-corrected chi connectivity index (χ4v) is 9.61. The number of hydrogen-bond acceptors (Lipinski definition) is 4. The van der Waals surface area contributed by atoms with Crippen LogP contribution >= 0.6 is 0 Å². The second-order valence-electron chi connectivity index (χ2n) is 17.3. The topological polar surface area (TPSA) is 50.5 Å². The van der Waals surface area contributed by atoms with E-state index in [2.05, 4.69) is 220 Å². The highest BCUT2D eigenvalue weighted by atomic mass is 15.0. The Hall–Kier alpha value is -8.08. The third kappa shape index (κ3) is 7.43. The van der Waals surface area contributed by atoms with Gasteiger partial charge in [0.1, 0.15) is 0 Å². The Morgan fingerprint density at radius 3 is 1.57 bits per heavy atom. The fraction of sp³-hybridized carbons (Fsp3) is 0.0820. The molecule has 1 aliphatic rings. The van der Waals surface area contributed by atoms with Crippen LogP contribution in [-0.2, 0) is 11.0 Å². The molecule has 0 bridgehead atoms. The quantitative estimate of drug-likeness (QED) is 0.136. The number of amidine groups is 1. The molecule has 1 aromatic heterocycles. The third-order valence-electron chi connectivity index (χ3n) is 13.3. The van der Waals surface area contributed by atoms with Gasteiger partial charge in [0.15, 0.2) is 11.7 Å². The molecule has 0 saturated heterocycles. The van der Waals surface area contributed by atoms with Crippen LogP contribution in [-0.4, -0.2) is 21.5 Å². The summed E-state index contributed by atoms with van der Waals surface area (Å²) in [6.45, 7) is 4.59. The van der Waals surface area contributed by atoms with E-state index in [-0.39, 0.29) is 0 Å². The Morgan fingerprint density at radius 2 is 0.923 bits per heavy atom. The molecule has 9 aromatic carbocycles. The molecule has 0 aliphatic carbocycles. The molecule has 4 heteroatoms. The zero-order valence-electron chi connectivity index (χ0n) is 36.4. The maximum Gasteiger partial charge on any atom is 0.160 e. The smallest absolute Gasteiger partial charge is 0.160 e. The first kappa shape index (κ1) is 39.7. The molecular weight excluding hydrogens is 789 g/mol. The average Bonchev–Trinajstić information content (AvgIpc) is 3.38. The first-order valence-corrected chi connectivity index (χ1v) is 22.3. The number of benzene rings is 9. The highest BCUT2D eigenvalue weighted by Gasteiger charge is 2.36. The van der Waals surface area contributed by atoms with Crippen molar-refractivity contribution in [1.82, 2.24) is 9.97 Å². The van der Waals surface area contributed by atoms with Crippen molar-refractivity contribution < 1.29 is 0 Å². The van der Waals surface area contributed by atoms with Gasteiger partial charge in [0, 0.05) is 39.7 Å². The van der Waals surface area contributed by atoms with Crippen molar-refractivity contribution in [2.24, 2.45) is 9.98 Å². The summed E-state index contributed by atoms with van der Waals surface area (Å²) in [6, 6.07) is 81.7. The summed E-state index contributed by atoms with van der Waals surface area (Å²) in [5.41, 5.74) is 11.8. The van der Waals surface area contributed by atoms with Crippen molar-refractivity contribution >= 4 is 33.1 Å². The molecule has 11 rings (SSSR count). The number of aliphatic imine (C=N–C) groups is 2.